The fourth-order valence-electron chi connectivity index (χ4n) is 1.86. The van der Waals surface area contributed by atoms with Crippen LogP contribution >= 0.6 is 22.9 Å². The molecule has 2 rings (SSSR count). The molecular weight excluding hydrogens is 318 g/mol. The number of hydrogen-bond donors (Lipinski definition) is 2. The minimum Gasteiger partial charge on any atom is -0.391 e. The summed E-state index contributed by atoms with van der Waals surface area (Å²) in [4.78, 5) is 0.542. The second-order valence-electron chi connectivity index (χ2n) is 4.42. The van der Waals surface area contributed by atoms with Gasteiger partial charge in [-0.2, -0.15) is 0 Å². The molecule has 0 saturated heterocycles. The predicted octanol–water partition coefficient (Wildman–Crippen LogP) is 3.31. The van der Waals surface area contributed by atoms with Gasteiger partial charge in [0.1, 0.15) is 4.90 Å². The van der Waals surface area contributed by atoms with Gasteiger partial charge in [-0.25, -0.2) is 8.42 Å². The fourth-order valence-corrected chi connectivity index (χ4v) is 4.94. The zero-order chi connectivity index (χ0) is 14.9. The maximum atomic E-state index is 12.4. The minimum absolute atomic E-state index is 0.127. The first kappa shape index (κ1) is 15.3. The maximum Gasteiger partial charge on any atom is 0.263 e. The molecular formula is C13H14ClNO3S2. The van der Waals surface area contributed by atoms with E-state index in [2.05, 4.69) is 4.72 Å². The molecule has 1 aromatic heterocycles. The van der Waals surface area contributed by atoms with Gasteiger partial charge in [-0.1, -0.05) is 17.7 Å². The molecule has 0 saturated carbocycles. The van der Waals surface area contributed by atoms with Crippen LogP contribution in [-0.4, -0.2) is 13.5 Å². The highest BCUT2D eigenvalue weighted by atomic mass is 35.5. The number of hydrogen-bond acceptors (Lipinski definition) is 4. The van der Waals surface area contributed by atoms with E-state index in [1.54, 1.807) is 30.5 Å². The number of nitrogens with one attached hydrogen (secondary N) is 1. The number of halogens is 1. The lowest BCUT2D eigenvalue weighted by Crippen LogP contribution is -2.15. The quantitative estimate of drug-likeness (QED) is 0.903. The number of aliphatic hydroxyl groups is 1. The summed E-state index contributed by atoms with van der Waals surface area (Å²) < 4.78 is 27.3. The molecule has 0 aliphatic heterocycles. The van der Waals surface area contributed by atoms with Crippen molar-refractivity contribution in [2.24, 2.45) is 0 Å². The topological polar surface area (TPSA) is 66.4 Å². The van der Waals surface area contributed by atoms with Gasteiger partial charge in [0, 0.05) is 0 Å². The van der Waals surface area contributed by atoms with Crippen molar-refractivity contribution in [3.8, 4) is 0 Å². The molecule has 0 spiro atoms. The van der Waals surface area contributed by atoms with Crippen LogP contribution in [0.15, 0.2) is 28.5 Å². The number of anilines is 1. The van der Waals surface area contributed by atoms with Crippen LogP contribution in [-0.2, 0) is 16.6 Å². The lowest BCUT2D eigenvalue weighted by atomic mass is 10.2. The third-order valence-corrected chi connectivity index (χ3v) is 5.90. The normalized spacial score (nSPS) is 11.6. The van der Waals surface area contributed by atoms with Crippen molar-refractivity contribution in [2.75, 3.05) is 4.72 Å². The number of rotatable bonds is 4. The molecule has 0 aliphatic rings. The number of thiophene rings is 1. The molecule has 0 amide bonds. The number of aliphatic hydroxyl groups excluding tert-OH is 1. The van der Waals surface area contributed by atoms with E-state index in [4.69, 9.17) is 11.6 Å². The molecule has 0 atom stereocenters. The van der Waals surface area contributed by atoms with Gasteiger partial charge in [-0.3, -0.25) is 4.72 Å². The van der Waals surface area contributed by atoms with Crippen LogP contribution in [0.2, 0.25) is 5.02 Å². The molecule has 20 heavy (non-hydrogen) atoms. The van der Waals surface area contributed by atoms with Gasteiger partial charge in [0.2, 0.25) is 0 Å². The van der Waals surface area contributed by atoms with Crippen LogP contribution in [0.4, 0.5) is 5.69 Å². The zero-order valence-electron chi connectivity index (χ0n) is 11.0. The average Bonchev–Trinajstić information content (AvgIpc) is 2.75. The summed E-state index contributed by atoms with van der Waals surface area (Å²) in [6, 6.07) is 5.08. The van der Waals surface area contributed by atoms with Crippen molar-refractivity contribution in [2.45, 2.75) is 25.3 Å². The summed E-state index contributed by atoms with van der Waals surface area (Å²) in [5.41, 5.74) is 1.88. The predicted molar refractivity (Wildman–Crippen MR) is 82.0 cm³/mol. The van der Waals surface area contributed by atoms with Crippen LogP contribution in [0.25, 0.3) is 0 Å². The van der Waals surface area contributed by atoms with Gasteiger partial charge in [0.05, 0.1) is 22.2 Å². The summed E-state index contributed by atoms with van der Waals surface area (Å²) in [7, 11) is -3.76. The molecule has 0 radical (unpaired) electrons. The monoisotopic (exact) mass is 331 g/mol. The smallest absolute Gasteiger partial charge is 0.263 e. The summed E-state index contributed by atoms with van der Waals surface area (Å²) >= 11 is 7.25. The summed E-state index contributed by atoms with van der Waals surface area (Å²) in [6.45, 7) is 3.26. The average molecular weight is 332 g/mol. The van der Waals surface area contributed by atoms with Crippen molar-refractivity contribution in [3.63, 3.8) is 0 Å². The molecule has 1 heterocycles. The second kappa shape index (κ2) is 5.73. The molecule has 2 aromatic rings. The Labute approximate surface area is 127 Å². The summed E-state index contributed by atoms with van der Waals surface area (Å²) in [5, 5.41) is 11.3. The first-order valence-corrected chi connectivity index (χ1v) is 8.56. The van der Waals surface area contributed by atoms with Crippen LogP contribution in [0.1, 0.15) is 16.0 Å². The number of sulfonamides is 1. The molecule has 0 unspecified atom stereocenters. The highest BCUT2D eigenvalue weighted by Crippen LogP contribution is 2.31. The highest BCUT2D eigenvalue weighted by Gasteiger charge is 2.23. The van der Waals surface area contributed by atoms with E-state index in [0.717, 1.165) is 5.56 Å². The van der Waals surface area contributed by atoms with E-state index in [-0.39, 0.29) is 11.5 Å². The van der Waals surface area contributed by atoms with Gasteiger partial charge in [-0.05, 0) is 42.5 Å². The second-order valence-corrected chi connectivity index (χ2v) is 7.41. The van der Waals surface area contributed by atoms with Gasteiger partial charge in [-0.15, -0.1) is 11.3 Å². The molecule has 108 valence electrons. The molecule has 0 fully saturated rings. The summed E-state index contributed by atoms with van der Waals surface area (Å²) in [6.07, 6.45) is 0. The SMILES string of the molecule is Cc1ccc(NS(=O)(=O)c2c(C)csc2CO)c(Cl)c1. The van der Waals surface area contributed by atoms with E-state index >= 15 is 0 Å². The van der Waals surface area contributed by atoms with Crippen molar-refractivity contribution >= 4 is 38.6 Å². The van der Waals surface area contributed by atoms with Crippen molar-refractivity contribution in [1.82, 2.24) is 0 Å². The first-order valence-electron chi connectivity index (χ1n) is 5.82. The van der Waals surface area contributed by atoms with Gasteiger partial charge >= 0.3 is 0 Å². The van der Waals surface area contributed by atoms with Crippen LogP contribution < -0.4 is 4.72 Å². The Kier molecular flexibility index (Phi) is 4.39. The Morgan fingerprint density at radius 1 is 1.35 bits per heavy atom. The molecule has 1 aromatic carbocycles. The Balaban J connectivity index is 2.43. The third kappa shape index (κ3) is 2.98. The lowest BCUT2D eigenvalue weighted by Gasteiger charge is -2.11. The minimum atomic E-state index is -3.76. The van der Waals surface area contributed by atoms with E-state index in [1.165, 1.54) is 11.3 Å². The fraction of sp³-hybridized carbons (Fsp3) is 0.231. The van der Waals surface area contributed by atoms with Gasteiger partial charge < -0.3 is 5.11 Å². The van der Waals surface area contributed by atoms with Gasteiger partial charge in [0.15, 0.2) is 0 Å². The zero-order valence-corrected chi connectivity index (χ0v) is 13.4. The Hall–Kier alpha value is -1.08. The Bertz CT molecular complexity index is 738. The van der Waals surface area contributed by atoms with Crippen molar-refractivity contribution in [1.29, 1.82) is 0 Å². The van der Waals surface area contributed by atoms with Crippen molar-refractivity contribution < 1.29 is 13.5 Å². The van der Waals surface area contributed by atoms with Crippen molar-refractivity contribution in [3.05, 3.63) is 44.6 Å². The van der Waals surface area contributed by atoms with E-state index in [0.29, 0.717) is 21.2 Å². The lowest BCUT2D eigenvalue weighted by molar-refractivity contribution is 0.282. The van der Waals surface area contributed by atoms with E-state index in [9.17, 15) is 13.5 Å². The van der Waals surface area contributed by atoms with E-state index < -0.39 is 10.0 Å². The maximum absolute atomic E-state index is 12.4. The molecule has 0 aliphatic carbocycles. The summed E-state index contributed by atoms with van der Waals surface area (Å²) in [5.74, 6) is 0. The van der Waals surface area contributed by atoms with Crippen LogP contribution in [0.3, 0.4) is 0 Å². The molecule has 2 N–H and O–H groups in total. The third-order valence-electron chi connectivity index (χ3n) is 2.77. The standard InChI is InChI=1S/C13H14ClNO3S2/c1-8-3-4-11(10(14)5-8)15-20(17,18)13-9(2)7-19-12(13)6-16/h3-5,7,15-16H,6H2,1-2H3. The molecule has 0 bridgehead atoms. The first-order chi connectivity index (χ1) is 9.35. The Morgan fingerprint density at radius 2 is 2.05 bits per heavy atom. The molecule has 4 nitrogen and oxygen atoms in total. The van der Waals surface area contributed by atoms with Crippen LogP contribution in [0.5, 0.6) is 0 Å². The molecule has 7 heteroatoms. The highest BCUT2D eigenvalue weighted by molar-refractivity contribution is 7.93. The van der Waals surface area contributed by atoms with Gasteiger partial charge in [0.25, 0.3) is 10.0 Å². The number of aryl methyl sites for hydroxylation is 2. The van der Waals surface area contributed by atoms with Crippen LogP contribution in [0, 0.1) is 13.8 Å². The Morgan fingerprint density at radius 3 is 2.65 bits per heavy atom. The largest absolute Gasteiger partial charge is 0.391 e. The number of benzene rings is 1. The van der Waals surface area contributed by atoms with E-state index in [1.807, 2.05) is 6.92 Å².